The van der Waals surface area contributed by atoms with Crippen LogP contribution in [0.1, 0.15) is 54.0 Å². The maximum Gasteiger partial charge on any atom is 0.343 e. The van der Waals surface area contributed by atoms with Crippen LogP contribution in [-0.4, -0.2) is 53.9 Å². The Hall–Kier alpha value is -2.35. The first kappa shape index (κ1) is 18.4. The molecule has 1 fully saturated rings. The highest BCUT2D eigenvalue weighted by atomic mass is 16.5. The lowest BCUT2D eigenvalue weighted by atomic mass is 10.1. The fourth-order valence-corrected chi connectivity index (χ4v) is 3.35. The number of esters is 1. The van der Waals surface area contributed by atoms with E-state index in [1.54, 1.807) is 9.47 Å². The molecule has 1 amide bonds. The first-order valence-corrected chi connectivity index (χ1v) is 8.92. The molecular formula is C18H24N2O6. The molecule has 1 aromatic rings. The molecule has 0 spiro atoms. The third-order valence-electron chi connectivity index (χ3n) is 4.81. The number of aromatic nitrogens is 1. The molecule has 2 aliphatic heterocycles. The Kier molecular flexibility index (Phi) is 5.31. The average molecular weight is 364 g/mol. The van der Waals surface area contributed by atoms with Crippen molar-refractivity contribution in [1.29, 1.82) is 0 Å². The molecule has 2 aliphatic rings. The second kappa shape index (κ2) is 7.49. The third kappa shape index (κ3) is 3.09. The van der Waals surface area contributed by atoms with Gasteiger partial charge in [0.05, 0.1) is 26.9 Å². The summed E-state index contributed by atoms with van der Waals surface area (Å²) in [5, 5.41) is 0. The van der Waals surface area contributed by atoms with Crippen LogP contribution in [0.2, 0.25) is 0 Å². The second-order valence-corrected chi connectivity index (χ2v) is 6.57. The van der Waals surface area contributed by atoms with Crippen molar-refractivity contribution in [2.45, 2.75) is 51.9 Å². The summed E-state index contributed by atoms with van der Waals surface area (Å²) in [5.41, 5.74) is -0.586. The number of pyridine rings is 1. The molecule has 0 bridgehead atoms. The number of carbonyl (C=O) groups excluding carboxylic acids is 2. The van der Waals surface area contributed by atoms with E-state index in [4.69, 9.17) is 14.2 Å². The lowest BCUT2D eigenvalue weighted by Crippen LogP contribution is -2.57. The Morgan fingerprint density at radius 1 is 1.38 bits per heavy atom. The quantitative estimate of drug-likeness (QED) is 0.580. The van der Waals surface area contributed by atoms with Crippen molar-refractivity contribution < 1.29 is 23.8 Å². The van der Waals surface area contributed by atoms with Crippen molar-refractivity contribution in [3.8, 4) is 5.75 Å². The minimum atomic E-state index is -0.751. The van der Waals surface area contributed by atoms with Gasteiger partial charge in [-0.3, -0.25) is 9.59 Å². The minimum Gasteiger partial charge on any atom is -0.487 e. The Morgan fingerprint density at radius 2 is 2.15 bits per heavy atom. The van der Waals surface area contributed by atoms with Crippen molar-refractivity contribution in [2.24, 2.45) is 0 Å². The molecule has 0 saturated carbocycles. The molecule has 2 atom stereocenters. The van der Waals surface area contributed by atoms with E-state index in [0.29, 0.717) is 19.8 Å². The number of rotatable bonds is 5. The predicted octanol–water partition coefficient (Wildman–Crippen LogP) is 1.40. The Bertz CT molecular complexity index is 772. The van der Waals surface area contributed by atoms with Crippen LogP contribution in [0.5, 0.6) is 5.75 Å². The fourth-order valence-electron chi connectivity index (χ4n) is 3.35. The molecule has 0 aromatic carbocycles. The van der Waals surface area contributed by atoms with Crippen LogP contribution in [0, 0.1) is 0 Å². The van der Waals surface area contributed by atoms with Crippen LogP contribution >= 0.6 is 0 Å². The molecule has 3 heterocycles. The SMILES string of the molecule is CCCCOc1c2n(cc(C(=O)OC)c1=O)CC1OCC[C@@H](C)N1C2=O. The van der Waals surface area contributed by atoms with Crippen LogP contribution in [0.25, 0.3) is 0 Å². The summed E-state index contributed by atoms with van der Waals surface area (Å²) in [6.07, 6.45) is 3.30. The summed E-state index contributed by atoms with van der Waals surface area (Å²) in [5.74, 6) is -1.14. The third-order valence-corrected chi connectivity index (χ3v) is 4.81. The average Bonchev–Trinajstić information content (AvgIpc) is 2.63. The lowest BCUT2D eigenvalue weighted by Gasteiger charge is -2.44. The van der Waals surface area contributed by atoms with Gasteiger partial charge in [0.2, 0.25) is 5.43 Å². The summed E-state index contributed by atoms with van der Waals surface area (Å²) in [4.78, 5) is 39.5. The molecular weight excluding hydrogens is 340 g/mol. The number of fused-ring (bicyclic) bond motifs is 2. The standard InChI is InChI=1S/C18H24N2O6/c1-4-5-7-26-16-14-17(22)20-11(2)6-8-25-13(20)10-19(14)9-12(15(16)21)18(23)24-3/h9,11,13H,4-8,10H2,1-3H3/t11-,13?/m1/s1. The molecule has 1 unspecified atom stereocenters. The molecule has 8 heteroatoms. The van der Waals surface area contributed by atoms with Gasteiger partial charge in [-0.15, -0.1) is 0 Å². The van der Waals surface area contributed by atoms with Gasteiger partial charge in [-0.1, -0.05) is 13.3 Å². The second-order valence-electron chi connectivity index (χ2n) is 6.57. The van der Waals surface area contributed by atoms with Crippen LogP contribution in [0.4, 0.5) is 0 Å². The number of carbonyl (C=O) groups is 2. The smallest absolute Gasteiger partial charge is 0.343 e. The van der Waals surface area contributed by atoms with Crippen LogP contribution < -0.4 is 10.2 Å². The Balaban J connectivity index is 2.12. The van der Waals surface area contributed by atoms with E-state index in [1.807, 2.05) is 13.8 Å². The number of unbranched alkanes of at least 4 members (excludes halogenated alkanes) is 1. The first-order chi connectivity index (χ1) is 12.5. The number of nitrogens with zero attached hydrogens (tertiary/aromatic N) is 2. The van der Waals surface area contributed by atoms with E-state index in [0.717, 1.165) is 19.3 Å². The zero-order chi connectivity index (χ0) is 18.8. The molecule has 1 saturated heterocycles. The molecule has 142 valence electrons. The molecule has 26 heavy (non-hydrogen) atoms. The van der Waals surface area contributed by atoms with Gasteiger partial charge >= 0.3 is 5.97 Å². The molecule has 3 rings (SSSR count). The van der Waals surface area contributed by atoms with E-state index in [1.165, 1.54) is 13.3 Å². The highest BCUT2D eigenvalue weighted by Gasteiger charge is 2.41. The van der Waals surface area contributed by atoms with Gasteiger partial charge in [0.25, 0.3) is 5.91 Å². The van der Waals surface area contributed by atoms with Crippen LogP contribution in [0.3, 0.4) is 0 Å². The van der Waals surface area contributed by atoms with E-state index in [-0.39, 0.29) is 29.0 Å². The normalized spacial score (nSPS) is 21.8. The monoisotopic (exact) mass is 364 g/mol. The van der Waals surface area contributed by atoms with E-state index in [9.17, 15) is 14.4 Å². The van der Waals surface area contributed by atoms with Gasteiger partial charge < -0.3 is 23.7 Å². The Labute approximate surface area is 151 Å². The van der Waals surface area contributed by atoms with Gasteiger partial charge in [-0.05, 0) is 19.8 Å². The van der Waals surface area contributed by atoms with Crippen molar-refractivity contribution in [1.82, 2.24) is 9.47 Å². The van der Waals surface area contributed by atoms with E-state index in [2.05, 4.69) is 0 Å². The summed E-state index contributed by atoms with van der Waals surface area (Å²) >= 11 is 0. The summed E-state index contributed by atoms with van der Waals surface area (Å²) in [6, 6.07) is 0.00822. The van der Waals surface area contributed by atoms with E-state index >= 15 is 0 Å². The number of ether oxygens (including phenoxy) is 3. The largest absolute Gasteiger partial charge is 0.487 e. The fraction of sp³-hybridized carbons (Fsp3) is 0.611. The van der Waals surface area contributed by atoms with Gasteiger partial charge in [-0.2, -0.15) is 0 Å². The van der Waals surface area contributed by atoms with Crippen LogP contribution in [-0.2, 0) is 16.0 Å². The maximum atomic E-state index is 13.1. The predicted molar refractivity (Wildman–Crippen MR) is 92.4 cm³/mol. The highest BCUT2D eigenvalue weighted by molar-refractivity contribution is 5.98. The lowest BCUT2D eigenvalue weighted by molar-refractivity contribution is -0.112. The first-order valence-electron chi connectivity index (χ1n) is 8.92. The summed E-state index contributed by atoms with van der Waals surface area (Å²) in [7, 11) is 1.21. The van der Waals surface area contributed by atoms with Gasteiger partial charge in [0, 0.05) is 12.2 Å². The van der Waals surface area contributed by atoms with Gasteiger partial charge in [0.1, 0.15) is 5.56 Å². The van der Waals surface area contributed by atoms with Crippen molar-refractivity contribution in [3.63, 3.8) is 0 Å². The zero-order valence-corrected chi connectivity index (χ0v) is 15.3. The number of methoxy groups -OCH3 is 1. The molecule has 8 nitrogen and oxygen atoms in total. The molecule has 0 aliphatic carbocycles. The van der Waals surface area contributed by atoms with Crippen molar-refractivity contribution in [3.05, 3.63) is 27.7 Å². The van der Waals surface area contributed by atoms with Gasteiger partial charge in [0.15, 0.2) is 17.7 Å². The number of hydrogen-bond acceptors (Lipinski definition) is 6. The Morgan fingerprint density at radius 3 is 2.85 bits per heavy atom. The minimum absolute atomic E-state index is 0.00822. The molecule has 1 aromatic heterocycles. The highest BCUT2D eigenvalue weighted by Crippen LogP contribution is 2.30. The maximum absolute atomic E-state index is 13.1. The number of hydrogen-bond donors (Lipinski definition) is 0. The summed E-state index contributed by atoms with van der Waals surface area (Å²) in [6.45, 7) is 5.15. The topological polar surface area (TPSA) is 87.1 Å². The number of amides is 1. The van der Waals surface area contributed by atoms with Gasteiger partial charge in [-0.25, -0.2) is 4.79 Å². The summed E-state index contributed by atoms with van der Waals surface area (Å²) < 4.78 is 17.7. The molecule has 0 N–H and O–H groups in total. The van der Waals surface area contributed by atoms with Crippen molar-refractivity contribution in [2.75, 3.05) is 20.3 Å². The van der Waals surface area contributed by atoms with E-state index < -0.39 is 17.6 Å². The molecule has 0 radical (unpaired) electrons. The van der Waals surface area contributed by atoms with Crippen LogP contribution in [0.15, 0.2) is 11.0 Å². The zero-order valence-electron chi connectivity index (χ0n) is 15.3. The van der Waals surface area contributed by atoms with Crippen molar-refractivity contribution >= 4 is 11.9 Å².